The molecule has 21 heavy (non-hydrogen) atoms. The molecule has 0 aliphatic rings. The number of carbonyl (C=O) groups is 1. The van der Waals surface area contributed by atoms with Crippen LogP contribution < -0.4 is 16.2 Å². The number of hydrogen-bond donors (Lipinski definition) is 2. The van der Waals surface area contributed by atoms with Gasteiger partial charge < -0.3 is 16.2 Å². The molecule has 1 heterocycles. The number of aromatic nitrogens is 1. The van der Waals surface area contributed by atoms with E-state index >= 15 is 0 Å². The van der Waals surface area contributed by atoms with E-state index in [0.29, 0.717) is 17.2 Å². The van der Waals surface area contributed by atoms with Crippen LogP contribution in [0.5, 0.6) is 11.6 Å². The van der Waals surface area contributed by atoms with E-state index in [4.69, 9.17) is 16.2 Å². The van der Waals surface area contributed by atoms with E-state index in [1.165, 1.54) is 6.20 Å². The average molecular weight is 285 g/mol. The molecule has 0 fully saturated rings. The van der Waals surface area contributed by atoms with Crippen molar-refractivity contribution in [3.05, 3.63) is 53.7 Å². The number of nitrogens with zero attached hydrogens (tertiary/aromatic N) is 1. The number of ether oxygens (including phenoxy) is 1. The number of rotatable bonds is 6. The monoisotopic (exact) mass is 285 g/mol. The summed E-state index contributed by atoms with van der Waals surface area (Å²) in [6.07, 6.45) is 3.40. The van der Waals surface area contributed by atoms with Crippen LogP contribution in [0.2, 0.25) is 0 Å². The number of hydrogen-bond acceptors (Lipinski definition) is 4. The highest BCUT2D eigenvalue weighted by Gasteiger charge is 2.06. The van der Waals surface area contributed by atoms with E-state index < -0.39 is 5.91 Å². The van der Waals surface area contributed by atoms with E-state index in [1.54, 1.807) is 12.1 Å². The molecule has 5 nitrogen and oxygen atoms in total. The fourth-order valence-corrected chi connectivity index (χ4v) is 1.97. The van der Waals surface area contributed by atoms with Crippen molar-refractivity contribution in [3.63, 3.8) is 0 Å². The molecule has 0 spiro atoms. The predicted octanol–water partition coefficient (Wildman–Crippen LogP) is 2.77. The van der Waals surface area contributed by atoms with Gasteiger partial charge in [0.15, 0.2) is 0 Å². The Labute approximate surface area is 123 Å². The summed E-state index contributed by atoms with van der Waals surface area (Å²) in [4.78, 5) is 15.0. The Balaban J connectivity index is 2.04. The molecular formula is C16H19N3O2. The van der Waals surface area contributed by atoms with Crippen LogP contribution in [0.1, 0.15) is 41.7 Å². The molecule has 1 amide bonds. The Morgan fingerprint density at radius 3 is 2.48 bits per heavy atom. The minimum Gasteiger partial charge on any atom is -0.439 e. The SMILES string of the molecule is CCCC(N)c1ccc(Oc2ccc(C(N)=O)cn2)cc1. The van der Waals surface area contributed by atoms with Crippen LogP contribution in [-0.2, 0) is 0 Å². The van der Waals surface area contributed by atoms with Crippen LogP contribution in [0.3, 0.4) is 0 Å². The molecule has 1 aromatic heterocycles. The Hall–Kier alpha value is -2.40. The summed E-state index contributed by atoms with van der Waals surface area (Å²) in [5.74, 6) is 0.565. The summed E-state index contributed by atoms with van der Waals surface area (Å²) in [5.41, 5.74) is 12.6. The highest BCUT2D eigenvalue weighted by Crippen LogP contribution is 2.23. The van der Waals surface area contributed by atoms with Gasteiger partial charge in [-0.3, -0.25) is 4.79 Å². The normalized spacial score (nSPS) is 11.9. The molecule has 4 N–H and O–H groups in total. The van der Waals surface area contributed by atoms with Gasteiger partial charge in [-0.05, 0) is 30.2 Å². The van der Waals surface area contributed by atoms with E-state index in [-0.39, 0.29) is 6.04 Å². The molecule has 5 heteroatoms. The van der Waals surface area contributed by atoms with Crippen molar-refractivity contribution in [2.24, 2.45) is 11.5 Å². The quantitative estimate of drug-likeness (QED) is 0.853. The Morgan fingerprint density at radius 2 is 1.95 bits per heavy atom. The summed E-state index contributed by atoms with van der Waals surface area (Å²) in [7, 11) is 0. The second-order valence-corrected chi connectivity index (χ2v) is 4.82. The molecule has 0 aliphatic heterocycles. The second-order valence-electron chi connectivity index (χ2n) is 4.82. The third-order valence-electron chi connectivity index (χ3n) is 3.15. The van der Waals surface area contributed by atoms with Gasteiger partial charge in [-0.15, -0.1) is 0 Å². The van der Waals surface area contributed by atoms with Crippen LogP contribution in [0.25, 0.3) is 0 Å². The highest BCUT2D eigenvalue weighted by atomic mass is 16.5. The van der Waals surface area contributed by atoms with Gasteiger partial charge in [-0.2, -0.15) is 0 Å². The molecule has 0 saturated heterocycles. The van der Waals surface area contributed by atoms with Crippen molar-refractivity contribution >= 4 is 5.91 Å². The molecule has 2 aromatic rings. The van der Waals surface area contributed by atoms with E-state index in [2.05, 4.69) is 11.9 Å². The summed E-state index contributed by atoms with van der Waals surface area (Å²) in [5, 5.41) is 0. The van der Waals surface area contributed by atoms with E-state index in [1.807, 2.05) is 24.3 Å². The molecule has 2 rings (SSSR count). The molecule has 1 atom stereocenters. The smallest absolute Gasteiger partial charge is 0.250 e. The molecule has 0 aliphatic carbocycles. The Bertz CT molecular complexity index is 594. The van der Waals surface area contributed by atoms with Gasteiger partial charge in [0.2, 0.25) is 11.8 Å². The van der Waals surface area contributed by atoms with E-state index in [9.17, 15) is 4.79 Å². The maximum Gasteiger partial charge on any atom is 0.250 e. The average Bonchev–Trinajstić information content (AvgIpc) is 2.49. The lowest BCUT2D eigenvalue weighted by molar-refractivity contribution is 0.1000. The standard InChI is InChI=1S/C16H19N3O2/c1-2-3-14(17)11-4-7-13(8-5-11)21-15-9-6-12(10-19-15)16(18)20/h4-10,14H,2-3,17H2,1H3,(H2,18,20). The first kappa shape index (κ1) is 15.0. The van der Waals surface area contributed by atoms with Crippen molar-refractivity contribution in [3.8, 4) is 11.6 Å². The number of carbonyl (C=O) groups excluding carboxylic acids is 1. The largest absolute Gasteiger partial charge is 0.439 e. The van der Waals surface area contributed by atoms with Gasteiger partial charge in [0, 0.05) is 18.3 Å². The third kappa shape index (κ3) is 4.03. The molecule has 0 radical (unpaired) electrons. The van der Waals surface area contributed by atoms with Crippen LogP contribution in [0.4, 0.5) is 0 Å². The molecule has 0 saturated carbocycles. The number of nitrogens with two attached hydrogens (primary N) is 2. The summed E-state index contributed by atoms with van der Waals surface area (Å²) in [6, 6.07) is 10.9. The number of primary amides is 1. The van der Waals surface area contributed by atoms with Crippen molar-refractivity contribution in [1.82, 2.24) is 4.98 Å². The van der Waals surface area contributed by atoms with Crippen molar-refractivity contribution in [2.75, 3.05) is 0 Å². The first-order valence-electron chi connectivity index (χ1n) is 6.89. The van der Waals surface area contributed by atoms with Gasteiger partial charge in [-0.25, -0.2) is 4.98 Å². The molecule has 1 unspecified atom stereocenters. The number of pyridine rings is 1. The van der Waals surface area contributed by atoms with Crippen molar-refractivity contribution in [2.45, 2.75) is 25.8 Å². The Kier molecular flexibility index (Phi) is 4.90. The zero-order valence-electron chi connectivity index (χ0n) is 12.0. The maximum atomic E-state index is 11.0. The predicted molar refractivity (Wildman–Crippen MR) is 81.1 cm³/mol. The topological polar surface area (TPSA) is 91.2 Å². The van der Waals surface area contributed by atoms with E-state index in [0.717, 1.165) is 18.4 Å². The van der Waals surface area contributed by atoms with Gasteiger partial charge >= 0.3 is 0 Å². The summed E-state index contributed by atoms with van der Waals surface area (Å²) < 4.78 is 5.60. The van der Waals surface area contributed by atoms with Crippen LogP contribution in [-0.4, -0.2) is 10.9 Å². The van der Waals surface area contributed by atoms with Crippen molar-refractivity contribution < 1.29 is 9.53 Å². The van der Waals surface area contributed by atoms with Crippen LogP contribution in [0, 0.1) is 0 Å². The minimum atomic E-state index is -0.511. The lowest BCUT2D eigenvalue weighted by Crippen LogP contribution is -2.11. The van der Waals surface area contributed by atoms with Gasteiger partial charge in [0.05, 0.1) is 5.56 Å². The number of benzene rings is 1. The van der Waals surface area contributed by atoms with Gasteiger partial charge in [0.1, 0.15) is 5.75 Å². The third-order valence-corrected chi connectivity index (χ3v) is 3.15. The zero-order chi connectivity index (χ0) is 15.2. The van der Waals surface area contributed by atoms with Gasteiger partial charge in [-0.1, -0.05) is 25.5 Å². The van der Waals surface area contributed by atoms with Crippen LogP contribution in [0.15, 0.2) is 42.6 Å². The highest BCUT2D eigenvalue weighted by molar-refractivity contribution is 5.92. The molecule has 110 valence electrons. The van der Waals surface area contributed by atoms with Crippen molar-refractivity contribution in [1.29, 1.82) is 0 Å². The summed E-state index contributed by atoms with van der Waals surface area (Å²) in [6.45, 7) is 2.11. The number of amides is 1. The summed E-state index contributed by atoms with van der Waals surface area (Å²) >= 11 is 0. The molecule has 1 aromatic carbocycles. The first-order chi connectivity index (χ1) is 10.1. The second kappa shape index (κ2) is 6.85. The maximum absolute atomic E-state index is 11.0. The van der Waals surface area contributed by atoms with Crippen LogP contribution >= 0.6 is 0 Å². The lowest BCUT2D eigenvalue weighted by atomic mass is 10.0. The lowest BCUT2D eigenvalue weighted by Gasteiger charge is -2.11. The Morgan fingerprint density at radius 1 is 1.24 bits per heavy atom. The first-order valence-corrected chi connectivity index (χ1v) is 6.89. The fraction of sp³-hybridized carbons (Fsp3) is 0.250. The molecule has 0 bridgehead atoms. The molecular weight excluding hydrogens is 266 g/mol. The minimum absolute atomic E-state index is 0.0528. The van der Waals surface area contributed by atoms with Gasteiger partial charge in [0.25, 0.3) is 0 Å². The zero-order valence-corrected chi connectivity index (χ0v) is 12.0. The fourth-order valence-electron chi connectivity index (χ4n) is 1.97.